The Morgan fingerprint density at radius 2 is 0.460 bits per heavy atom. The van der Waals surface area contributed by atoms with Crippen molar-refractivity contribution in [2.45, 2.75) is 239 Å². The average Bonchev–Trinajstić information content (AvgIpc) is 1.57. The molecule has 20 heteroatoms. The summed E-state index contributed by atoms with van der Waals surface area (Å²) in [5, 5.41) is 44.7. The van der Waals surface area contributed by atoms with Crippen molar-refractivity contribution in [1.29, 1.82) is 0 Å². The fourth-order valence-electron chi connectivity index (χ4n) is 21.1. The molecule has 18 rings (SSSR count). The number of carbonyl (C=O) groups excluding carboxylic acids is 4. The van der Waals surface area contributed by atoms with Gasteiger partial charge in [0, 0.05) is 169 Å². The monoisotopic (exact) mass is 1990 g/mol. The molecule has 4 unspecified atom stereocenters. The van der Waals surface area contributed by atoms with E-state index < -0.39 is 0 Å². The minimum absolute atomic E-state index is 0.0252. The molecule has 0 saturated heterocycles. The Bertz CT molecular complexity index is 6740. The predicted octanol–water partition coefficient (Wildman–Crippen LogP) is 32.5. The van der Waals surface area contributed by atoms with Gasteiger partial charge in [-0.3, -0.25) is 19.2 Å². The second kappa shape index (κ2) is 47.4. The Hall–Kier alpha value is -15.4. The first-order valence-electron chi connectivity index (χ1n) is 54.7. The molecule has 0 aliphatic heterocycles. The molecule has 0 N–H and O–H groups in total. The van der Waals surface area contributed by atoms with E-state index in [2.05, 4.69) is 359 Å². The third kappa shape index (κ3) is 23.3. The highest BCUT2D eigenvalue weighted by atomic mass is 16.1. The number of unbranched alkanes of at least 4 members (excludes halogenated alkanes) is 5. The molecule has 4 heterocycles. The molecular weight excluding hydrogens is 1850 g/mol. The molecule has 0 radical (unpaired) electrons. The summed E-state index contributed by atoms with van der Waals surface area (Å²) in [4.78, 5) is 72.7. The largest absolute Gasteiger partial charge is 0.311 e. The summed E-state index contributed by atoms with van der Waals surface area (Å²) in [5.74, 6) is 0.655. The maximum atomic E-state index is 14.1. The van der Waals surface area contributed by atoms with Crippen molar-refractivity contribution in [3.8, 4) is 44.5 Å². The van der Waals surface area contributed by atoms with Gasteiger partial charge in [-0.2, -0.15) is 60.0 Å². The van der Waals surface area contributed by atoms with Crippen LogP contribution in [0, 0.1) is 34.5 Å². The molecule has 0 aliphatic carbocycles. The lowest BCUT2D eigenvalue weighted by atomic mass is 9.90. The van der Waals surface area contributed by atoms with Gasteiger partial charge in [0.2, 0.25) is 0 Å². The number of aryl methyl sites for hydroxylation is 2. The number of anilines is 12. The van der Waals surface area contributed by atoms with E-state index in [9.17, 15) is 19.2 Å². The summed E-state index contributed by atoms with van der Waals surface area (Å²) < 4.78 is 0. The average molecular weight is 1990 g/mol. The van der Waals surface area contributed by atoms with Crippen LogP contribution in [0.5, 0.6) is 0 Å². The third-order valence-electron chi connectivity index (χ3n) is 29.1. The Labute approximate surface area is 884 Å². The van der Waals surface area contributed by atoms with Gasteiger partial charge in [0.1, 0.15) is 22.1 Å². The highest BCUT2D eigenvalue weighted by Crippen LogP contribution is 2.49. The molecule has 18 aromatic rings. The van der Waals surface area contributed by atoms with Gasteiger partial charge in [-0.1, -0.05) is 270 Å². The predicted molar refractivity (Wildman–Crippen MR) is 612 cm³/mol. The molecule has 0 spiro atoms. The fourth-order valence-corrected chi connectivity index (χ4v) is 21.1. The van der Waals surface area contributed by atoms with Gasteiger partial charge in [0.05, 0.1) is 13.1 Å². The van der Waals surface area contributed by atoms with E-state index in [0.29, 0.717) is 83.2 Å². The number of nitrogens with zero attached hydrogens (tertiary/aromatic N) is 16. The van der Waals surface area contributed by atoms with Gasteiger partial charge in [-0.25, -0.2) is 0 Å². The zero-order valence-electron chi connectivity index (χ0n) is 89.7. The molecule has 0 fully saturated rings. The smallest absolute Gasteiger partial charge is 0.167 e. The van der Waals surface area contributed by atoms with Crippen molar-refractivity contribution in [3.05, 3.63) is 338 Å². The Morgan fingerprint density at radius 3 is 0.667 bits per heavy atom. The van der Waals surface area contributed by atoms with Crippen molar-refractivity contribution in [1.82, 2.24) is 50.4 Å². The van der Waals surface area contributed by atoms with E-state index in [-0.39, 0.29) is 57.6 Å². The van der Waals surface area contributed by atoms with Gasteiger partial charge in [0.25, 0.3) is 0 Å². The van der Waals surface area contributed by atoms with Crippen molar-refractivity contribution in [3.63, 3.8) is 0 Å². The molecule has 4 aromatic heterocycles. The normalized spacial score (nSPS) is 12.7. The number of rotatable bonds is 47. The van der Waals surface area contributed by atoms with Crippen LogP contribution in [-0.2, 0) is 26.2 Å². The van der Waals surface area contributed by atoms with Crippen LogP contribution in [-0.4, -0.2) is 63.3 Å². The number of benzene rings is 14. The van der Waals surface area contributed by atoms with Crippen LogP contribution in [0.1, 0.15) is 254 Å². The van der Waals surface area contributed by atoms with Crippen LogP contribution < -0.4 is 39.4 Å². The summed E-state index contributed by atoms with van der Waals surface area (Å²) >= 11 is 0. The van der Waals surface area contributed by atoms with Gasteiger partial charge in [-0.15, -0.1) is 0 Å². The lowest BCUT2D eigenvalue weighted by molar-refractivity contribution is -0.813. The lowest BCUT2D eigenvalue weighted by Gasteiger charge is -2.26. The van der Waals surface area contributed by atoms with Crippen molar-refractivity contribution in [2.75, 3.05) is 19.6 Å². The molecule has 0 bridgehead atoms. The maximum absolute atomic E-state index is 14.1. The topological polar surface area (TPSA) is 204 Å². The van der Waals surface area contributed by atoms with Crippen molar-refractivity contribution in [2.24, 2.45) is 34.5 Å². The van der Waals surface area contributed by atoms with Crippen LogP contribution in [0.15, 0.2) is 315 Å². The molecule has 0 saturated carbocycles. The molecule has 0 amide bonds. The highest BCUT2D eigenvalue weighted by molar-refractivity contribution is 6.18. The number of aromatic nitrogens is 12. The third-order valence-corrected chi connectivity index (χ3v) is 29.1. The Morgan fingerprint density at radius 1 is 0.260 bits per heavy atom. The second-order valence-corrected chi connectivity index (χ2v) is 42.7. The first-order chi connectivity index (χ1) is 72.9. The minimum Gasteiger partial charge on any atom is -0.311 e. The van der Waals surface area contributed by atoms with Crippen LogP contribution >= 0.6 is 0 Å². The van der Waals surface area contributed by atoms with Gasteiger partial charge in [0.15, 0.2) is 36.2 Å². The number of para-hydroxylation sites is 4. The fraction of sp³-hybridized carbons (Fsp3) is 0.323. The molecule has 14 aromatic carbocycles. The summed E-state index contributed by atoms with van der Waals surface area (Å²) in [6.07, 6.45) is 16.2. The highest BCUT2D eigenvalue weighted by Gasteiger charge is 2.32. The van der Waals surface area contributed by atoms with Gasteiger partial charge >= 0.3 is 0 Å². The minimum atomic E-state index is -0.205. The molecular formula is C130H142N16O4. The van der Waals surface area contributed by atoms with Gasteiger partial charge < -0.3 is 19.6 Å². The van der Waals surface area contributed by atoms with Crippen LogP contribution in [0.2, 0.25) is 0 Å². The summed E-state index contributed by atoms with van der Waals surface area (Å²) in [6, 6.07) is 108. The summed E-state index contributed by atoms with van der Waals surface area (Å²) in [6.45, 7) is 32.3. The number of hydrogen-bond donors (Lipinski definition) is 0. The van der Waals surface area contributed by atoms with E-state index in [0.717, 1.165) is 238 Å². The van der Waals surface area contributed by atoms with E-state index >= 15 is 0 Å². The summed E-state index contributed by atoms with van der Waals surface area (Å²) in [5.41, 5.74) is 25.8. The SMILES string of the molecule is CCCCC(CC)C(=O)c1ccc(N(c2ccccc2)c2ccc(-c3c4nn(CCCCn5nc6c(-c7ccc(N(c8ccccc8)c8ccc(C(=O)C(CC)CCCC)cc8)cc7)c7n[n+](CC(C)(C)C)[n-]c7c(-c7ccc(N(c8ccccc8)c8ccc(C(=O)C(CC)CCCC)cc8)cc7)c6n5)nc4c(-c4ccc(N(c5ccccc5)c5ccc(C(=O)C(CC)CCCC)cc5)cc4)c4[n-][n+](CC(C)(C)C)nc34)cc2)cc1. The molecule has 150 heavy (non-hydrogen) atoms. The van der Waals surface area contributed by atoms with Crippen LogP contribution in [0.4, 0.5) is 68.2 Å². The van der Waals surface area contributed by atoms with Crippen LogP contribution in [0.3, 0.4) is 0 Å². The lowest BCUT2D eigenvalue weighted by Crippen LogP contribution is -2.45. The number of Topliss-reactive ketones (excluding diaryl/α,β-unsaturated/α-hetero) is 4. The van der Waals surface area contributed by atoms with Crippen molar-refractivity contribution < 1.29 is 28.8 Å². The number of carbonyl (C=O) groups is 4. The van der Waals surface area contributed by atoms with Gasteiger partial charge in [-0.05, 0) is 281 Å². The number of hydrogen-bond acceptors (Lipinski definition) is 14. The second-order valence-electron chi connectivity index (χ2n) is 42.7. The molecule has 0 aliphatic rings. The zero-order valence-corrected chi connectivity index (χ0v) is 89.7. The first kappa shape index (κ1) is 104. The molecule has 4 atom stereocenters. The van der Waals surface area contributed by atoms with E-state index in [4.69, 9.17) is 40.8 Å². The Kier molecular flexibility index (Phi) is 33.0. The van der Waals surface area contributed by atoms with E-state index in [1.54, 1.807) is 0 Å². The maximum Gasteiger partial charge on any atom is 0.167 e. The molecule has 20 nitrogen and oxygen atoms in total. The van der Waals surface area contributed by atoms with E-state index in [1.165, 1.54) is 0 Å². The quantitative estimate of drug-likeness (QED) is 0.0198. The van der Waals surface area contributed by atoms with E-state index in [1.807, 2.05) is 92.0 Å². The number of fused-ring (bicyclic) bond motifs is 4. The number of ketones is 4. The Balaban J connectivity index is 0.750. The van der Waals surface area contributed by atoms with Crippen molar-refractivity contribution >= 4 is 136 Å². The van der Waals surface area contributed by atoms with Crippen LogP contribution in [0.25, 0.3) is 88.6 Å². The standard InChI is InChI=1S/C130H142N16O4/c1-15-23-41-89(19-5)125(147)97-61-77-109(78-62-97)143(101-45-31-27-32-46-101)105-69-53-93(54-70-105)113-117-118(114(122-121(113)135-141(136-122)87-129(9,10)11)94-55-71-106(72-56-94)144(102-47-33-28-34-48-102)110-79-63-98(64-80-110)126(148)90(20-6)42-24-16-2)132-139(131-117)85-39-40-86-140-133-119-115(95-57-73-107(74-58-95)145(103-49-35-29-36-50-103)111-81-65-99(66-82-111)127(149)91(21-7)43-25-17-3)123-124(138-142(137-123)88-130(12,13)14)116(120(119)134-140)96-59-75-108(76-60-96)146(104-51-37-30-38-52-104)112-83-67-100(68-84-112)128(150)92(22-8)44-26-18-4/h27-38,45-84,89-92H,15-26,39-44,85-88H2,1-14H3. The summed E-state index contributed by atoms with van der Waals surface area (Å²) in [7, 11) is 0. The first-order valence-corrected chi connectivity index (χ1v) is 54.7. The molecule has 766 valence electrons. The zero-order chi connectivity index (χ0) is 105.